The van der Waals surface area contributed by atoms with E-state index in [-0.39, 0.29) is 5.60 Å². The molecule has 74 valence electrons. The molecular weight excluding hydrogens is 160 g/mol. The van der Waals surface area contributed by atoms with E-state index >= 15 is 0 Å². The Kier molecular flexibility index (Phi) is 1.70. The molecule has 0 radical (unpaired) electrons. The van der Waals surface area contributed by atoms with E-state index in [1.54, 1.807) is 0 Å². The highest BCUT2D eigenvalue weighted by Crippen LogP contribution is 2.67. The molecule has 2 fully saturated rings. The summed E-state index contributed by atoms with van der Waals surface area (Å²) in [6.45, 7) is 8.73. The first kappa shape index (κ1) is 9.26. The third-order valence-electron chi connectivity index (χ3n) is 3.68. The van der Waals surface area contributed by atoms with Crippen molar-refractivity contribution >= 4 is 0 Å². The van der Waals surface area contributed by atoms with Crippen LogP contribution in [0.25, 0.3) is 0 Å². The number of allylic oxidation sites excluding steroid dienone is 1. The first-order chi connectivity index (χ1) is 5.86. The molecule has 1 nitrogen and oxygen atoms in total. The van der Waals surface area contributed by atoms with Gasteiger partial charge in [0, 0.05) is 5.92 Å². The Hall–Kier alpha value is -0.300. The second-order valence-electron chi connectivity index (χ2n) is 5.79. The average Bonchev–Trinajstić information content (AvgIpc) is 2.74. The van der Waals surface area contributed by atoms with Crippen molar-refractivity contribution in [2.24, 2.45) is 17.3 Å². The van der Waals surface area contributed by atoms with E-state index in [1.165, 1.54) is 12.0 Å². The Balaban J connectivity index is 2.01. The van der Waals surface area contributed by atoms with Gasteiger partial charge in [-0.05, 0) is 38.0 Å². The van der Waals surface area contributed by atoms with Gasteiger partial charge in [0.1, 0.15) is 0 Å². The fourth-order valence-corrected chi connectivity index (χ4v) is 2.62. The second kappa shape index (κ2) is 2.38. The third kappa shape index (κ3) is 1.43. The Morgan fingerprint density at radius 1 is 1.31 bits per heavy atom. The van der Waals surface area contributed by atoms with Gasteiger partial charge in [-0.3, -0.25) is 0 Å². The highest BCUT2D eigenvalue weighted by atomic mass is 16.3. The predicted octanol–water partition coefficient (Wildman–Crippen LogP) is 2.75. The lowest BCUT2D eigenvalue weighted by atomic mass is 10.0. The summed E-state index contributed by atoms with van der Waals surface area (Å²) in [4.78, 5) is 0. The predicted molar refractivity (Wildman–Crippen MR) is 54.4 cm³/mol. The van der Waals surface area contributed by atoms with E-state index in [1.807, 2.05) is 0 Å². The van der Waals surface area contributed by atoms with Crippen molar-refractivity contribution in [3.8, 4) is 0 Å². The van der Waals surface area contributed by atoms with Crippen LogP contribution in [-0.4, -0.2) is 10.7 Å². The summed E-state index contributed by atoms with van der Waals surface area (Å²) in [5.74, 6) is 1.00. The average molecular weight is 180 g/mol. The summed E-state index contributed by atoms with van der Waals surface area (Å²) in [6, 6.07) is 0. The van der Waals surface area contributed by atoms with E-state index in [0.717, 1.165) is 6.42 Å². The van der Waals surface area contributed by atoms with Crippen LogP contribution in [0.5, 0.6) is 0 Å². The van der Waals surface area contributed by atoms with Crippen LogP contribution in [0.1, 0.15) is 40.5 Å². The zero-order valence-corrected chi connectivity index (χ0v) is 9.09. The van der Waals surface area contributed by atoms with Gasteiger partial charge < -0.3 is 5.11 Å². The molecule has 2 aliphatic carbocycles. The van der Waals surface area contributed by atoms with Crippen LogP contribution < -0.4 is 0 Å². The van der Waals surface area contributed by atoms with Crippen molar-refractivity contribution < 1.29 is 5.11 Å². The van der Waals surface area contributed by atoms with E-state index in [0.29, 0.717) is 17.3 Å². The molecule has 0 saturated heterocycles. The maximum Gasteiger partial charge on any atom is 0.0751 e. The van der Waals surface area contributed by atoms with E-state index in [9.17, 15) is 5.11 Å². The smallest absolute Gasteiger partial charge is 0.0751 e. The molecule has 0 aromatic heterocycles. The summed E-state index contributed by atoms with van der Waals surface area (Å²) >= 11 is 0. The molecule has 0 aliphatic heterocycles. The summed E-state index contributed by atoms with van der Waals surface area (Å²) in [7, 11) is 0. The maximum absolute atomic E-state index is 10.3. The van der Waals surface area contributed by atoms with Crippen LogP contribution in [0.3, 0.4) is 0 Å². The molecule has 0 aromatic carbocycles. The van der Waals surface area contributed by atoms with E-state index in [4.69, 9.17) is 0 Å². The topological polar surface area (TPSA) is 20.2 Å². The van der Waals surface area contributed by atoms with Crippen LogP contribution in [-0.2, 0) is 0 Å². The van der Waals surface area contributed by atoms with Gasteiger partial charge in [0.2, 0.25) is 0 Å². The molecule has 0 spiro atoms. The van der Waals surface area contributed by atoms with Gasteiger partial charge in [0.15, 0.2) is 0 Å². The first-order valence-electron chi connectivity index (χ1n) is 5.24. The molecule has 0 amide bonds. The summed E-state index contributed by atoms with van der Waals surface area (Å²) in [5, 5.41) is 10.3. The molecule has 3 unspecified atom stereocenters. The van der Waals surface area contributed by atoms with E-state index in [2.05, 4.69) is 33.8 Å². The molecule has 2 rings (SSSR count). The Labute approximate surface area is 80.8 Å². The molecule has 1 N–H and O–H groups in total. The molecule has 0 aromatic rings. The first-order valence-corrected chi connectivity index (χ1v) is 5.24. The van der Waals surface area contributed by atoms with Gasteiger partial charge in [-0.1, -0.05) is 25.5 Å². The molecule has 0 bridgehead atoms. The van der Waals surface area contributed by atoms with Gasteiger partial charge >= 0.3 is 0 Å². The normalized spacial score (nSPS) is 45.6. The number of aliphatic hydroxyl groups is 1. The van der Waals surface area contributed by atoms with Gasteiger partial charge in [0.25, 0.3) is 0 Å². The van der Waals surface area contributed by atoms with Crippen molar-refractivity contribution in [3.05, 3.63) is 11.6 Å². The maximum atomic E-state index is 10.3. The zero-order valence-electron chi connectivity index (χ0n) is 9.09. The fraction of sp³-hybridized carbons (Fsp3) is 0.833. The third-order valence-corrected chi connectivity index (χ3v) is 3.68. The fourth-order valence-electron chi connectivity index (χ4n) is 2.62. The minimum absolute atomic E-state index is 0.333. The Bertz CT molecular complexity index is 260. The number of hydrogen-bond acceptors (Lipinski definition) is 1. The second-order valence-corrected chi connectivity index (χ2v) is 5.79. The Morgan fingerprint density at radius 3 is 2.23 bits per heavy atom. The zero-order chi connectivity index (χ0) is 9.85. The van der Waals surface area contributed by atoms with Crippen LogP contribution in [0, 0.1) is 17.3 Å². The molecule has 2 aliphatic rings. The van der Waals surface area contributed by atoms with Gasteiger partial charge in [0.05, 0.1) is 5.60 Å². The van der Waals surface area contributed by atoms with Crippen molar-refractivity contribution in [1.29, 1.82) is 0 Å². The van der Waals surface area contributed by atoms with E-state index < -0.39 is 0 Å². The molecule has 2 saturated carbocycles. The number of rotatable bonds is 2. The van der Waals surface area contributed by atoms with Gasteiger partial charge in [-0.2, -0.15) is 0 Å². The minimum atomic E-state index is -0.333. The lowest BCUT2D eigenvalue weighted by Gasteiger charge is -2.10. The molecule has 0 heterocycles. The van der Waals surface area contributed by atoms with Gasteiger partial charge in [-0.15, -0.1) is 0 Å². The quantitative estimate of drug-likeness (QED) is 0.648. The molecular formula is C12H20O. The molecule has 3 atom stereocenters. The van der Waals surface area contributed by atoms with Crippen molar-refractivity contribution in [3.63, 3.8) is 0 Å². The largest absolute Gasteiger partial charge is 0.389 e. The monoisotopic (exact) mass is 180 g/mol. The standard InChI is InChI=1S/C12H20O/c1-8(2)5-9-6-12(9,13)10-7-11(10,3)4/h5,9-10,13H,6-7H2,1-4H3. The summed E-state index contributed by atoms with van der Waals surface area (Å²) in [5.41, 5.74) is 1.40. The van der Waals surface area contributed by atoms with Crippen LogP contribution in [0.4, 0.5) is 0 Å². The number of hydrogen-bond donors (Lipinski definition) is 1. The lowest BCUT2D eigenvalue weighted by Crippen LogP contribution is -2.17. The summed E-state index contributed by atoms with van der Waals surface area (Å²) in [6.07, 6.45) is 4.43. The molecule has 13 heavy (non-hydrogen) atoms. The van der Waals surface area contributed by atoms with Crippen molar-refractivity contribution in [2.45, 2.75) is 46.1 Å². The Morgan fingerprint density at radius 2 is 1.85 bits per heavy atom. The minimum Gasteiger partial charge on any atom is -0.389 e. The highest BCUT2D eigenvalue weighted by Gasteiger charge is 2.67. The van der Waals surface area contributed by atoms with Crippen molar-refractivity contribution in [1.82, 2.24) is 0 Å². The van der Waals surface area contributed by atoms with Crippen molar-refractivity contribution in [2.75, 3.05) is 0 Å². The highest BCUT2D eigenvalue weighted by molar-refractivity contribution is 5.24. The van der Waals surface area contributed by atoms with Gasteiger partial charge in [-0.25, -0.2) is 0 Å². The van der Waals surface area contributed by atoms with Crippen LogP contribution in [0.15, 0.2) is 11.6 Å². The SMILES string of the molecule is CC(C)=CC1CC1(O)C1CC1(C)C. The molecule has 1 heteroatoms. The van der Waals surface area contributed by atoms with Crippen LogP contribution >= 0.6 is 0 Å². The van der Waals surface area contributed by atoms with Crippen LogP contribution in [0.2, 0.25) is 0 Å². The summed E-state index contributed by atoms with van der Waals surface area (Å²) < 4.78 is 0. The lowest BCUT2D eigenvalue weighted by molar-refractivity contribution is 0.100.